The standard InChI is InChI=1S/C13H20BrN3O/c1-3-17-12(6-9(2)16-17)13(18)15-8-10-4-5-11(14)7-10/h6,10-11H,3-5,7-8H2,1-2H3,(H,15,18). The predicted octanol–water partition coefficient (Wildman–Crippen LogP) is 2.50. The van der Waals surface area contributed by atoms with Crippen LogP contribution in [-0.4, -0.2) is 27.1 Å². The topological polar surface area (TPSA) is 46.9 Å². The van der Waals surface area contributed by atoms with Crippen LogP contribution < -0.4 is 5.32 Å². The number of amides is 1. The minimum Gasteiger partial charge on any atom is -0.350 e. The lowest BCUT2D eigenvalue weighted by Gasteiger charge is -2.11. The van der Waals surface area contributed by atoms with E-state index in [0.29, 0.717) is 16.4 Å². The smallest absolute Gasteiger partial charge is 0.269 e. The number of nitrogens with zero attached hydrogens (tertiary/aromatic N) is 2. The lowest BCUT2D eigenvalue weighted by Crippen LogP contribution is -2.30. The molecule has 1 aliphatic rings. The Kier molecular flexibility index (Phi) is 4.43. The van der Waals surface area contributed by atoms with Crippen molar-refractivity contribution in [2.75, 3.05) is 6.54 Å². The third-order valence-corrected chi connectivity index (χ3v) is 4.29. The summed E-state index contributed by atoms with van der Waals surface area (Å²) in [6, 6.07) is 1.85. The van der Waals surface area contributed by atoms with Crippen LogP contribution in [0.5, 0.6) is 0 Å². The highest BCUT2D eigenvalue weighted by Crippen LogP contribution is 2.30. The first kappa shape index (κ1) is 13.6. The number of carbonyl (C=O) groups excluding carboxylic acids is 1. The minimum absolute atomic E-state index is 0.00419. The number of rotatable bonds is 4. The van der Waals surface area contributed by atoms with Gasteiger partial charge in [-0.2, -0.15) is 5.10 Å². The maximum Gasteiger partial charge on any atom is 0.269 e. The molecule has 2 atom stereocenters. The highest BCUT2D eigenvalue weighted by atomic mass is 79.9. The number of aromatic nitrogens is 2. The van der Waals surface area contributed by atoms with Gasteiger partial charge in [-0.05, 0) is 45.1 Å². The van der Waals surface area contributed by atoms with E-state index in [1.807, 2.05) is 19.9 Å². The van der Waals surface area contributed by atoms with Crippen LogP contribution in [0.1, 0.15) is 42.4 Å². The second-order valence-corrected chi connectivity index (χ2v) is 6.27. The van der Waals surface area contributed by atoms with Gasteiger partial charge in [-0.15, -0.1) is 0 Å². The quantitative estimate of drug-likeness (QED) is 0.868. The summed E-state index contributed by atoms with van der Waals surface area (Å²) in [5.74, 6) is 0.605. The number of nitrogens with one attached hydrogen (secondary N) is 1. The molecule has 18 heavy (non-hydrogen) atoms. The Morgan fingerprint density at radius 3 is 3.00 bits per heavy atom. The van der Waals surface area contributed by atoms with Gasteiger partial charge < -0.3 is 5.32 Å². The van der Waals surface area contributed by atoms with E-state index in [9.17, 15) is 4.79 Å². The first-order chi connectivity index (χ1) is 8.60. The van der Waals surface area contributed by atoms with Crippen LogP contribution in [0.3, 0.4) is 0 Å². The third kappa shape index (κ3) is 3.13. The summed E-state index contributed by atoms with van der Waals surface area (Å²) in [5.41, 5.74) is 1.56. The highest BCUT2D eigenvalue weighted by molar-refractivity contribution is 9.09. The zero-order valence-electron chi connectivity index (χ0n) is 10.9. The van der Waals surface area contributed by atoms with Crippen molar-refractivity contribution in [2.24, 2.45) is 5.92 Å². The van der Waals surface area contributed by atoms with Crippen molar-refractivity contribution in [1.29, 1.82) is 0 Å². The molecule has 1 fully saturated rings. The molecule has 0 radical (unpaired) electrons. The molecule has 1 aromatic heterocycles. The number of hydrogen-bond donors (Lipinski definition) is 1. The van der Waals surface area contributed by atoms with E-state index >= 15 is 0 Å². The zero-order chi connectivity index (χ0) is 13.1. The minimum atomic E-state index is -0.00419. The molecule has 0 spiro atoms. The van der Waals surface area contributed by atoms with Crippen LogP contribution in [0.4, 0.5) is 0 Å². The van der Waals surface area contributed by atoms with Gasteiger partial charge in [0.1, 0.15) is 5.69 Å². The van der Waals surface area contributed by atoms with Gasteiger partial charge in [0.15, 0.2) is 0 Å². The summed E-state index contributed by atoms with van der Waals surface area (Å²) in [6.45, 7) is 5.41. The first-order valence-electron chi connectivity index (χ1n) is 6.57. The average molecular weight is 314 g/mol. The Labute approximate surface area is 116 Å². The molecular weight excluding hydrogens is 294 g/mol. The molecule has 1 N–H and O–H groups in total. The fourth-order valence-electron chi connectivity index (χ4n) is 2.50. The van der Waals surface area contributed by atoms with Gasteiger partial charge in [-0.25, -0.2) is 0 Å². The summed E-state index contributed by atoms with van der Waals surface area (Å²) < 4.78 is 1.76. The fraction of sp³-hybridized carbons (Fsp3) is 0.692. The van der Waals surface area contributed by atoms with Gasteiger partial charge in [0.25, 0.3) is 5.91 Å². The average Bonchev–Trinajstić information content (AvgIpc) is 2.92. The van der Waals surface area contributed by atoms with E-state index in [4.69, 9.17) is 0 Å². The van der Waals surface area contributed by atoms with Crippen LogP contribution in [0, 0.1) is 12.8 Å². The van der Waals surface area contributed by atoms with Crippen molar-refractivity contribution in [3.05, 3.63) is 17.5 Å². The molecule has 0 aliphatic heterocycles. The third-order valence-electron chi connectivity index (χ3n) is 3.46. The fourth-order valence-corrected chi connectivity index (χ4v) is 3.29. The second-order valence-electron chi connectivity index (χ2n) is 4.97. The van der Waals surface area contributed by atoms with Crippen LogP contribution in [-0.2, 0) is 6.54 Å². The molecule has 100 valence electrons. The predicted molar refractivity (Wildman–Crippen MR) is 75.0 cm³/mol. The molecular formula is C13H20BrN3O. The number of halogens is 1. The van der Waals surface area contributed by atoms with Gasteiger partial charge in [0.05, 0.1) is 5.69 Å². The Morgan fingerprint density at radius 2 is 2.39 bits per heavy atom. The zero-order valence-corrected chi connectivity index (χ0v) is 12.5. The van der Waals surface area contributed by atoms with E-state index in [-0.39, 0.29) is 5.91 Å². The van der Waals surface area contributed by atoms with Gasteiger partial charge >= 0.3 is 0 Å². The van der Waals surface area contributed by atoms with E-state index < -0.39 is 0 Å². The number of alkyl halides is 1. The lowest BCUT2D eigenvalue weighted by molar-refractivity contribution is 0.0936. The number of carbonyl (C=O) groups is 1. The van der Waals surface area contributed by atoms with Gasteiger partial charge in [0.2, 0.25) is 0 Å². The Hall–Kier alpha value is -0.840. The molecule has 1 heterocycles. The van der Waals surface area contributed by atoms with E-state index in [1.165, 1.54) is 12.8 Å². The van der Waals surface area contributed by atoms with Gasteiger partial charge in [-0.3, -0.25) is 9.48 Å². The molecule has 5 heteroatoms. The van der Waals surface area contributed by atoms with Crippen molar-refractivity contribution in [3.63, 3.8) is 0 Å². The molecule has 1 amide bonds. The van der Waals surface area contributed by atoms with Crippen molar-refractivity contribution >= 4 is 21.8 Å². The first-order valence-corrected chi connectivity index (χ1v) is 7.48. The molecule has 2 unspecified atom stereocenters. The summed E-state index contributed by atoms with van der Waals surface area (Å²) in [7, 11) is 0. The van der Waals surface area contributed by atoms with Gasteiger partial charge in [-0.1, -0.05) is 15.9 Å². The summed E-state index contributed by atoms with van der Waals surface area (Å²) in [6.07, 6.45) is 3.57. The Morgan fingerprint density at radius 1 is 1.61 bits per heavy atom. The van der Waals surface area contributed by atoms with E-state index in [0.717, 1.165) is 25.2 Å². The van der Waals surface area contributed by atoms with Crippen molar-refractivity contribution in [1.82, 2.24) is 15.1 Å². The molecule has 0 saturated heterocycles. The van der Waals surface area contributed by atoms with Crippen molar-refractivity contribution in [2.45, 2.75) is 44.5 Å². The largest absolute Gasteiger partial charge is 0.350 e. The molecule has 1 aromatic rings. The van der Waals surface area contributed by atoms with Crippen LogP contribution in [0.15, 0.2) is 6.07 Å². The van der Waals surface area contributed by atoms with Crippen molar-refractivity contribution in [3.8, 4) is 0 Å². The maximum absolute atomic E-state index is 12.1. The monoisotopic (exact) mass is 313 g/mol. The maximum atomic E-state index is 12.1. The highest BCUT2D eigenvalue weighted by Gasteiger charge is 2.23. The SMILES string of the molecule is CCn1nc(C)cc1C(=O)NCC1CCC(Br)C1. The molecule has 1 saturated carbocycles. The number of aryl methyl sites for hydroxylation is 2. The van der Waals surface area contributed by atoms with Crippen molar-refractivity contribution < 1.29 is 4.79 Å². The van der Waals surface area contributed by atoms with Crippen LogP contribution in [0.2, 0.25) is 0 Å². The molecule has 0 aromatic carbocycles. The normalized spacial score (nSPS) is 23.3. The molecule has 2 rings (SSSR count). The molecule has 1 aliphatic carbocycles. The summed E-state index contributed by atoms with van der Waals surface area (Å²) in [4.78, 5) is 12.7. The van der Waals surface area contributed by atoms with Gasteiger partial charge in [0, 0.05) is 17.9 Å². The van der Waals surface area contributed by atoms with E-state index in [1.54, 1.807) is 4.68 Å². The summed E-state index contributed by atoms with van der Waals surface area (Å²) in [5, 5.41) is 7.32. The molecule has 0 bridgehead atoms. The van der Waals surface area contributed by atoms with Crippen LogP contribution in [0.25, 0.3) is 0 Å². The second kappa shape index (κ2) is 5.87. The van der Waals surface area contributed by atoms with E-state index in [2.05, 4.69) is 26.3 Å². The Bertz CT molecular complexity index is 430. The summed E-state index contributed by atoms with van der Waals surface area (Å²) >= 11 is 3.63. The molecule has 4 nitrogen and oxygen atoms in total. The van der Waals surface area contributed by atoms with Crippen LogP contribution >= 0.6 is 15.9 Å². The number of hydrogen-bond acceptors (Lipinski definition) is 2. The lowest BCUT2D eigenvalue weighted by atomic mass is 10.1. The Balaban J connectivity index is 1.91.